The highest BCUT2D eigenvalue weighted by Crippen LogP contribution is 2.33. The van der Waals surface area contributed by atoms with Gasteiger partial charge in [0.05, 0.1) is 11.0 Å². The zero-order chi connectivity index (χ0) is 15.6. The number of phenols is 1. The summed E-state index contributed by atoms with van der Waals surface area (Å²) in [5.41, 5.74) is 0.343. The Bertz CT molecular complexity index is 694. The van der Waals surface area contributed by atoms with E-state index in [1.165, 1.54) is 30.3 Å². The van der Waals surface area contributed by atoms with Crippen molar-refractivity contribution >= 4 is 23.0 Å². The van der Waals surface area contributed by atoms with Crippen LogP contribution in [0.1, 0.15) is 18.5 Å². The molecule has 2 aromatic rings. The van der Waals surface area contributed by atoms with Gasteiger partial charge in [0, 0.05) is 16.7 Å². The number of halogens is 2. The fraction of sp³-hybridized carbons (Fsp3) is 0.143. The molecule has 0 spiro atoms. The van der Waals surface area contributed by atoms with Crippen LogP contribution in [0.5, 0.6) is 5.75 Å². The molecule has 110 valence electrons. The molecule has 0 aliphatic heterocycles. The molecule has 2 aromatic carbocycles. The maximum atomic E-state index is 13.2. The van der Waals surface area contributed by atoms with Crippen molar-refractivity contribution in [2.75, 3.05) is 5.32 Å². The zero-order valence-corrected chi connectivity index (χ0v) is 11.8. The lowest BCUT2D eigenvalue weighted by Gasteiger charge is -2.17. The minimum Gasteiger partial charge on any atom is -0.508 e. The van der Waals surface area contributed by atoms with Gasteiger partial charge >= 0.3 is 0 Å². The van der Waals surface area contributed by atoms with Crippen molar-refractivity contribution in [1.82, 2.24) is 0 Å². The van der Waals surface area contributed by atoms with Crippen LogP contribution in [-0.2, 0) is 0 Å². The van der Waals surface area contributed by atoms with Crippen molar-refractivity contribution in [3.05, 3.63) is 62.9 Å². The molecule has 0 aliphatic carbocycles. The number of hydrogen-bond donors (Lipinski definition) is 2. The fourth-order valence-corrected chi connectivity index (χ4v) is 2.14. The Labute approximate surface area is 125 Å². The topological polar surface area (TPSA) is 75.4 Å². The molecule has 5 nitrogen and oxygen atoms in total. The van der Waals surface area contributed by atoms with Crippen molar-refractivity contribution in [2.24, 2.45) is 0 Å². The Hall–Kier alpha value is -2.34. The third-order valence-electron chi connectivity index (χ3n) is 2.98. The highest BCUT2D eigenvalue weighted by Gasteiger charge is 2.18. The number of nitro benzene ring substituents is 1. The van der Waals surface area contributed by atoms with E-state index in [-0.39, 0.29) is 17.1 Å². The van der Waals surface area contributed by atoms with Gasteiger partial charge in [-0.05, 0) is 37.3 Å². The SMILES string of the molecule is CC(Nc1cc(Cl)ccc1[N+](=O)[O-])c1cc(F)ccc1O. The second-order valence-electron chi connectivity index (χ2n) is 4.49. The van der Waals surface area contributed by atoms with Gasteiger partial charge in [-0.3, -0.25) is 10.1 Å². The van der Waals surface area contributed by atoms with E-state index < -0.39 is 16.8 Å². The smallest absolute Gasteiger partial charge is 0.292 e. The molecule has 2 rings (SSSR count). The Morgan fingerprint density at radius 1 is 1.33 bits per heavy atom. The van der Waals surface area contributed by atoms with Gasteiger partial charge in [0.15, 0.2) is 0 Å². The Morgan fingerprint density at radius 2 is 2.05 bits per heavy atom. The number of nitrogens with one attached hydrogen (secondary N) is 1. The predicted molar refractivity (Wildman–Crippen MR) is 78.2 cm³/mol. The molecule has 0 fully saturated rings. The van der Waals surface area contributed by atoms with Crippen LogP contribution in [-0.4, -0.2) is 10.0 Å². The van der Waals surface area contributed by atoms with Crippen molar-refractivity contribution in [3.63, 3.8) is 0 Å². The van der Waals surface area contributed by atoms with Gasteiger partial charge < -0.3 is 10.4 Å². The van der Waals surface area contributed by atoms with Crippen LogP contribution in [0.15, 0.2) is 36.4 Å². The first-order valence-corrected chi connectivity index (χ1v) is 6.45. The van der Waals surface area contributed by atoms with E-state index in [2.05, 4.69) is 5.32 Å². The maximum absolute atomic E-state index is 13.2. The molecule has 1 unspecified atom stereocenters. The van der Waals surface area contributed by atoms with E-state index in [1.807, 2.05) is 0 Å². The molecule has 0 aromatic heterocycles. The number of benzene rings is 2. The maximum Gasteiger partial charge on any atom is 0.292 e. The lowest BCUT2D eigenvalue weighted by atomic mass is 10.1. The van der Waals surface area contributed by atoms with E-state index in [9.17, 15) is 19.6 Å². The molecule has 21 heavy (non-hydrogen) atoms. The number of hydrogen-bond acceptors (Lipinski definition) is 4. The summed E-state index contributed by atoms with van der Waals surface area (Å²) in [6, 6.07) is 7.09. The van der Waals surface area contributed by atoms with Crippen LogP contribution in [0.25, 0.3) is 0 Å². The van der Waals surface area contributed by atoms with E-state index in [1.54, 1.807) is 6.92 Å². The Kier molecular flexibility index (Phi) is 4.28. The van der Waals surface area contributed by atoms with Crippen molar-refractivity contribution in [1.29, 1.82) is 0 Å². The van der Waals surface area contributed by atoms with Crippen molar-refractivity contribution in [2.45, 2.75) is 13.0 Å². The standard InChI is InChI=1S/C14H12ClFN2O3/c1-8(11-7-10(16)3-5-14(11)19)17-12-6-9(15)2-4-13(12)18(20)21/h2-8,17,19H,1H3. The molecule has 1 atom stereocenters. The molecule has 0 radical (unpaired) electrons. The average Bonchev–Trinajstić information content (AvgIpc) is 2.41. The summed E-state index contributed by atoms with van der Waals surface area (Å²) in [4.78, 5) is 10.4. The molecular formula is C14H12ClFN2O3. The lowest BCUT2D eigenvalue weighted by Crippen LogP contribution is -2.09. The van der Waals surface area contributed by atoms with Crippen LogP contribution in [0.2, 0.25) is 5.02 Å². The zero-order valence-electron chi connectivity index (χ0n) is 11.0. The summed E-state index contributed by atoms with van der Waals surface area (Å²) < 4.78 is 13.2. The number of anilines is 1. The molecule has 0 bridgehead atoms. The number of phenolic OH excluding ortho intramolecular Hbond substituents is 1. The van der Waals surface area contributed by atoms with Crippen LogP contribution < -0.4 is 5.32 Å². The number of rotatable bonds is 4. The predicted octanol–water partition coefficient (Wildman–Crippen LogP) is 4.27. The lowest BCUT2D eigenvalue weighted by molar-refractivity contribution is -0.384. The summed E-state index contributed by atoms with van der Waals surface area (Å²) in [6.45, 7) is 1.65. The first-order valence-electron chi connectivity index (χ1n) is 6.07. The largest absolute Gasteiger partial charge is 0.508 e. The van der Waals surface area contributed by atoms with Crippen molar-refractivity contribution < 1.29 is 14.4 Å². The van der Waals surface area contributed by atoms with E-state index in [4.69, 9.17) is 11.6 Å². The fourth-order valence-electron chi connectivity index (χ4n) is 1.97. The minimum absolute atomic E-state index is 0.0962. The highest BCUT2D eigenvalue weighted by atomic mass is 35.5. The summed E-state index contributed by atoms with van der Waals surface area (Å²) in [5, 5.41) is 23.9. The Balaban J connectivity index is 2.35. The van der Waals surface area contributed by atoms with E-state index in [0.29, 0.717) is 10.6 Å². The van der Waals surface area contributed by atoms with Gasteiger partial charge in [0.1, 0.15) is 17.3 Å². The molecule has 0 heterocycles. The quantitative estimate of drug-likeness (QED) is 0.653. The minimum atomic E-state index is -0.545. The Morgan fingerprint density at radius 3 is 2.71 bits per heavy atom. The van der Waals surface area contributed by atoms with Crippen LogP contribution >= 0.6 is 11.6 Å². The highest BCUT2D eigenvalue weighted by molar-refractivity contribution is 6.31. The van der Waals surface area contributed by atoms with Crippen LogP contribution in [0.4, 0.5) is 15.8 Å². The number of nitro groups is 1. The average molecular weight is 311 g/mol. The summed E-state index contributed by atoms with van der Waals surface area (Å²) in [6.07, 6.45) is 0. The summed E-state index contributed by atoms with van der Waals surface area (Å²) >= 11 is 5.84. The molecule has 7 heteroatoms. The van der Waals surface area contributed by atoms with Gasteiger partial charge in [0.2, 0.25) is 0 Å². The van der Waals surface area contributed by atoms with Crippen LogP contribution in [0.3, 0.4) is 0 Å². The number of nitrogens with zero attached hydrogens (tertiary/aromatic N) is 1. The van der Waals surface area contributed by atoms with E-state index in [0.717, 1.165) is 6.07 Å². The van der Waals surface area contributed by atoms with E-state index >= 15 is 0 Å². The second-order valence-corrected chi connectivity index (χ2v) is 4.92. The first kappa shape index (κ1) is 15.1. The normalized spacial score (nSPS) is 12.0. The van der Waals surface area contributed by atoms with Crippen molar-refractivity contribution in [3.8, 4) is 5.75 Å². The van der Waals surface area contributed by atoms with Gasteiger partial charge in [0.25, 0.3) is 5.69 Å². The third-order valence-corrected chi connectivity index (χ3v) is 3.22. The van der Waals surface area contributed by atoms with Gasteiger partial charge in [-0.2, -0.15) is 0 Å². The third kappa shape index (κ3) is 3.41. The van der Waals surface area contributed by atoms with Gasteiger partial charge in [-0.15, -0.1) is 0 Å². The molecule has 2 N–H and O–H groups in total. The second kappa shape index (κ2) is 5.97. The van der Waals surface area contributed by atoms with Gasteiger partial charge in [-0.25, -0.2) is 4.39 Å². The molecule has 0 amide bonds. The summed E-state index contributed by atoms with van der Waals surface area (Å²) in [7, 11) is 0. The number of aromatic hydroxyl groups is 1. The molecule has 0 saturated carbocycles. The molecular weight excluding hydrogens is 299 g/mol. The van der Waals surface area contributed by atoms with Gasteiger partial charge in [-0.1, -0.05) is 11.6 Å². The summed E-state index contributed by atoms with van der Waals surface area (Å²) in [5.74, 6) is -0.599. The molecule has 0 saturated heterocycles. The monoisotopic (exact) mass is 310 g/mol. The van der Waals surface area contributed by atoms with Crippen LogP contribution in [0, 0.1) is 15.9 Å². The molecule has 0 aliphatic rings. The first-order chi connectivity index (χ1) is 9.88.